The minimum Gasteiger partial charge on any atom is -0.340 e. The Balaban J connectivity index is 2.16. The lowest BCUT2D eigenvalue weighted by Gasteiger charge is -2.19. The predicted molar refractivity (Wildman–Crippen MR) is 86.9 cm³/mol. The first-order valence-electron chi connectivity index (χ1n) is 6.67. The summed E-state index contributed by atoms with van der Waals surface area (Å²) in [6, 6.07) is 5.87. The summed E-state index contributed by atoms with van der Waals surface area (Å²) >= 11 is 3.50. The van der Waals surface area contributed by atoms with Crippen LogP contribution in [0.5, 0.6) is 0 Å². The van der Waals surface area contributed by atoms with Crippen LogP contribution in [-0.4, -0.2) is 19.6 Å². The quantitative estimate of drug-likeness (QED) is 0.764. The number of rotatable bonds is 2. The summed E-state index contributed by atoms with van der Waals surface area (Å²) < 4.78 is 2.67. The molecule has 0 atom stereocenters. The zero-order chi connectivity index (χ0) is 15.0. The Hall–Kier alpha value is -1.95. The van der Waals surface area contributed by atoms with Crippen LogP contribution in [0.3, 0.4) is 0 Å². The van der Waals surface area contributed by atoms with E-state index in [0.717, 1.165) is 27.3 Å². The van der Waals surface area contributed by atoms with Gasteiger partial charge in [0.1, 0.15) is 5.82 Å². The number of halogens is 1. The van der Waals surface area contributed by atoms with E-state index in [2.05, 4.69) is 52.1 Å². The van der Waals surface area contributed by atoms with Gasteiger partial charge >= 0.3 is 0 Å². The highest BCUT2D eigenvalue weighted by molar-refractivity contribution is 9.10. The molecule has 6 heteroatoms. The SMILES string of the molecule is CC(C)(C)c1cc(Nc2ccncc2)n2ncc(Br)c2n1. The lowest BCUT2D eigenvalue weighted by atomic mass is 9.92. The third kappa shape index (κ3) is 2.76. The molecule has 0 fully saturated rings. The Labute approximate surface area is 131 Å². The third-order valence-electron chi connectivity index (χ3n) is 3.15. The average Bonchev–Trinajstić information content (AvgIpc) is 2.81. The molecule has 0 aromatic carbocycles. The van der Waals surface area contributed by atoms with Gasteiger partial charge in [-0.25, -0.2) is 4.98 Å². The summed E-state index contributed by atoms with van der Waals surface area (Å²) in [4.78, 5) is 8.74. The van der Waals surface area contributed by atoms with Gasteiger partial charge in [0.25, 0.3) is 0 Å². The van der Waals surface area contributed by atoms with Gasteiger partial charge in [-0.3, -0.25) is 4.98 Å². The smallest absolute Gasteiger partial charge is 0.171 e. The number of nitrogens with one attached hydrogen (secondary N) is 1. The predicted octanol–water partition coefficient (Wildman–Crippen LogP) is 3.93. The van der Waals surface area contributed by atoms with Crippen molar-refractivity contribution < 1.29 is 0 Å². The Morgan fingerprint density at radius 3 is 2.57 bits per heavy atom. The van der Waals surface area contributed by atoms with Crippen molar-refractivity contribution in [1.29, 1.82) is 0 Å². The summed E-state index contributed by atoms with van der Waals surface area (Å²) in [6.45, 7) is 6.44. The van der Waals surface area contributed by atoms with Crippen LogP contribution >= 0.6 is 15.9 Å². The third-order valence-corrected chi connectivity index (χ3v) is 3.71. The minimum atomic E-state index is -0.0415. The molecule has 3 rings (SSSR count). The molecule has 0 amide bonds. The van der Waals surface area contributed by atoms with Crippen molar-refractivity contribution in [3.63, 3.8) is 0 Å². The van der Waals surface area contributed by atoms with Crippen LogP contribution in [0.4, 0.5) is 11.5 Å². The molecule has 3 heterocycles. The van der Waals surface area contributed by atoms with E-state index in [0.29, 0.717) is 0 Å². The first kappa shape index (κ1) is 14.0. The van der Waals surface area contributed by atoms with Gasteiger partial charge in [-0.05, 0) is 28.1 Å². The van der Waals surface area contributed by atoms with Crippen molar-refractivity contribution in [2.75, 3.05) is 5.32 Å². The zero-order valence-electron chi connectivity index (χ0n) is 12.1. The molecule has 0 saturated heterocycles. The highest BCUT2D eigenvalue weighted by Crippen LogP contribution is 2.28. The summed E-state index contributed by atoms with van der Waals surface area (Å²) in [7, 11) is 0. The van der Waals surface area contributed by atoms with Crippen molar-refractivity contribution >= 4 is 33.1 Å². The molecular weight excluding hydrogens is 330 g/mol. The summed E-state index contributed by atoms with van der Waals surface area (Å²) in [6.07, 6.45) is 5.27. The molecule has 1 N–H and O–H groups in total. The van der Waals surface area contributed by atoms with Crippen LogP contribution in [0.1, 0.15) is 26.5 Å². The maximum absolute atomic E-state index is 4.71. The highest BCUT2D eigenvalue weighted by atomic mass is 79.9. The van der Waals surface area contributed by atoms with Crippen LogP contribution in [0, 0.1) is 0 Å². The van der Waals surface area contributed by atoms with Crippen molar-refractivity contribution in [1.82, 2.24) is 19.6 Å². The highest BCUT2D eigenvalue weighted by Gasteiger charge is 2.19. The van der Waals surface area contributed by atoms with Gasteiger partial charge in [0.2, 0.25) is 0 Å². The second kappa shape index (κ2) is 5.11. The topological polar surface area (TPSA) is 55.1 Å². The summed E-state index contributed by atoms with van der Waals surface area (Å²) in [5.41, 5.74) is 2.73. The second-order valence-corrected chi connectivity index (χ2v) is 6.72. The molecule has 0 radical (unpaired) electrons. The van der Waals surface area contributed by atoms with E-state index < -0.39 is 0 Å². The number of nitrogens with zero attached hydrogens (tertiary/aromatic N) is 4. The minimum absolute atomic E-state index is 0.0415. The second-order valence-electron chi connectivity index (χ2n) is 5.87. The molecule has 3 aromatic heterocycles. The van der Waals surface area contributed by atoms with Gasteiger partial charge in [-0.2, -0.15) is 9.61 Å². The Bertz CT molecular complexity index is 774. The molecule has 21 heavy (non-hydrogen) atoms. The first-order valence-corrected chi connectivity index (χ1v) is 7.46. The van der Waals surface area contributed by atoms with Crippen molar-refractivity contribution in [2.45, 2.75) is 26.2 Å². The number of aromatic nitrogens is 4. The maximum atomic E-state index is 4.71. The molecule has 0 aliphatic heterocycles. The van der Waals surface area contributed by atoms with Gasteiger partial charge in [-0.1, -0.05) is 20.8 Å². The van der Waals surface area contributed by atoms with Crippen LogP contribution in [0.2, 0.25) is 0 Å². The number of pyridine rings is 1. The number of hydrogen-bond donors (Lipinski definition) is 1. The first-order chi connectivity index (χ1) is 9.95. The standard InChI is InChI=1S/C15H16BrN5/c1-15(2,3)12-8-13(19-10-4-6-17-7-5-10)21-14(20-12)11(16)9-18-21/h4-9H,1-3H3,(H,17,19). The van der Waals surface area contributed by atoms with Gasteiger partial charge in [0.05, 0.1) is 16.4 Å². The van der Waals surface area contributed by atoms with Gasteiger partial charge < -0.3 is 5.32 Å². The number of anilines is 2. The fourth-order valence-electron chi connectivity index (χ4n) is 1.99. The molecule has 0 aliphatic carbocycles. The van der Waals surface area contributed by atoms with E-state index >= 15 is 0 Å². The van der Waals surface area contributed by atoms with Crippen LogP contribution < -0.4 is 5.32 Å². The monoisotopic (exact) mass is 345 g/mol. The van der Waals surface area contributed by atoms with Crippen LogP contribution in [0.15, 0.2) is 41.3 Å². The number of fused-ring (bicyclic) bond motifs is 1. The largest absolute Gasteiger partial charge is 0.340 e. The summed E-state index contributed by atoms with van der Waals surface area (Å²) in [5, 5.41) is 7.74. The molecule has 0 unspecified atom stereocenters. The molecule has 0 saturated carbocycles. The van der Waals surface area contributed by atoms with E-state index in [-0.39, 0.29) is 5.41 Å². The molecule has 0 bridgehead atoms. The molecular formula is C15H16BrN5. The lowest BCUT2D eigenvalue weighted by molar-refractivity contribution is 0.569. The molecule has 0 aliphatic rings. The lowest BCUT2D eigenvalue weighted by Crippen LogP contribution is -2.15. The fourth-order valence-corrected chi connectivity index (χ4v) is 2.34. The van der Waals surface area contributed by atoms with Crippen LogP contribution in [-0.2, 0) is 5.41 Å². The van der Waals surface area contributed by atoms with E-state index in [1.54, 1.807) is 23.1 Å². The van der Waals surface area contributed by atoms with Crippen molar-refractivity contribution in [2.24, 2.45) is 0 Å². The van der Waals surface area contributed by atoms with Gasteiger partial charge in [-0.15, -0.1) is 0 Å². The Morgan fingerprint density at radius 2 is 1.90 bits per heavy atom. The normalized spacial score (nSPS) is 11.8. The van der Waals surface area contributed by atoms with Crippen LogP contribution in [0.25, 0.3) is 5.65 Å². The van der Waals surface area contributed by atoms with Crippen molar-refractivity contribution in [3.8, 4) is 0 Å². The summed E-state index contributed by atoms with van der Waals surface area (Å²) in [5.74, 6) is 0.877. The maximum Gasteiger partial charge on any atom is 0.171 e. The van der Waals surface area contributed by atoms with Gasteiger partial charge in [0.15, 0.2) is 5.65 Å². The zero-order valence-corrected chi connectivity index (χ0v) is 13.7. The van der Waals surface area contributed by atoms with E-state index in [1.165, 1.54) is 0 Å². The molecule has 0 spiro atoms. The van der Waals surface area contributed by atoms with Gasteiger partial charge in [0, 0.05) is 29.6 Å². The fraction of sp³-hybridized carbons (Fsp3) is 0.267. The Morgan fingerprint density at radius 1 is 1.19 bits per heavy atom. The number of hydrogen-bond acceptors (Lipinski definition) is 4. The van der Waals surface area contributed by atoms with E-state index in [4.69, 9.17) is 4.98 Å². The average molecular weight is 346 g/mol. The molecule has 108 valence electrons. The van der Waals surface area contributed by atoms with E-state index in [1.807, 2.05) is 18.2 Å². The van der Waals surface area contributed by atoms with E-state index in [9.17, 15) is 0 Å². The Kier molecular flexibility index (Phi) is 3.41. The van der Waals surface area contributed by atoms with Crippen molar-refractivity contribution in [3.05, 3.63) is 47.0 Å². The molecule has 3 aromatic rings. The molecule has 5 nitrogen and oxygen atoms in total.